The number of benzene rings is 1. The van der Waals surface area contributed by atoms with Crippen molar-refractivity contribution in [3.63, 3.8) is 0 Å². The molecule has 0 saturated carbocycles. The smallest absolute Gasteiger partial charge is 0.357 e. The van der Waals surface area contributed by atoms with Crippen LogP contribution in [0.5, 0.6) is 11.5 Å². The van der Waals surface area contributed by atoms with E-state index in [9.17, 15) is 4.79 Å². The highest BCUT2D eigenvalue weighted by molar-refractivity contribution is 7.25. The lowest BCUT2D eigenvalue weighted by atomic mass is 10.2. The molecule has 4 heterocycles. The molecule has 6 nitrogen and oxygen atoms in total. The quantitative estimate of drug-likeness (QED) is 0.530. The minimum absolute atomic E-state index is 0.213. The van der Waals surface area contributed by atoms with Crippen molar-refractivity contribution in [2.24, 2.45) is 0 Å². The Morgan fingerprint density at radius 2 is 2.00 bits per heavy atom. The van der Waals surface area contributed by atoms with Crippen LogP contribution >= 0.6 is 11.3 Å². The van der Waals surface area contributed by atoms with E-state index in [-0.39, 0.29) is 12.5 Å². The van der Waals surface area contributed by atoms with Gasteiger partial charge >= 0.3 is 5.63 Å². The molecule has 0 radical (unpaired) electrons. The van der Waals surface area contributed by atoms with Crippen molar-refractivity contribution in [3.05, 3.63) is 58.9 Å². The number of thiophene rings is 1. The molecule has 0 N–H and O–H groups in total. The summed E-state index contributed by atoms with van der Waals surface area (Å²) >= 11 is 1.28. The van der Waals surface area contributed by atoms with E-state index in [1.807, 2.05) is 36.4 Å². The Bertz CT molecular complexity index is 1130. The molecular formula is C17H10N2O4S. The van der Waals surface area contributed by atoms with Crippen LogP contribution in [0.3, 0.4) is 0 Å². The predicted molar refractivity (Wildman–Crippen MR) is 88.8 cm³/mol. The van der Waals surface area contributed by atoms with Crippen molar-refractivity contribution in [3.8, 4) is 11.5 Å². The Labute approximate surface area is 139 Å². The molecule has 0 amide bonds. The molecule has 3 aromatic heterocycles. The molecule has 4 aromatic rings. The van der Waals surface area contributed by atoms with Gasteiger partial charge in [-0.1, -0.05) is 12.1 Å². The molecule has 118 valence electrons. The molecule has 0 spiro atoms. The van der Waals surface area contributed by atoms with Crippen LogP contribution in [-0.2, 0) is 0 Å². The Balaban J connectivity index is 1.65. The summed E-state index contributed by atoms with van der Waals surface area (Å²) in [5.41, 5.74) is 0.164. The van der Waals surface area contributed by atoms with Crippen LogP contribution < -0.4 is 15.1 Å². The standard InChI is InChI=1S/C17H10N2O4S/c20-17-14-13(9-4-3-7-18-16(9)24-14)19-15(23-17)12-8-21-10-5-1-2-6-11(10)22-12/h1-7,12H,8H2. The van der Waals surface area contributed by atoms with Gasteiger partial charge in [-0.05, 0) is 24.3 Å². The van der Waals surface area contributed by atoms with E-state index >= 15 is 0 Å². The third kappa shape index (κ3) is 1.98. The number of nitrogens with zero attached hydrogens (tertiary/aromatic N) is 2. The van der Waals surface area contributed by atoms with Gasteiger partial charge in [-0.15, -0.1) is 11.3 Å². The van der Waals surface area contributed by atoms with Crippen molar-refractivity contribution in [1.29, 1.82) is 0 Å². The van der Waals surface area contributed by atoms with Gasteiger partial charge in [0.05, 0.1) is 0 Å². The van der Waals surface area contributed by atoms with Gasteiger partial charge < -0.3 is 13.9 Å². The normalized spacial score (nSPS) is 16.6. The maximum absolute atomic E-state index is 12.3. The van der Waals surface area contributed by atoms with Crippen molar-refractivity contribution < 1.29 is 13.9 Å². The first-order chi connectivity index (χ1) is 11.8. The van der Waals surface area contributed by atoms with E-state index in [2.05, 4.69) is 9.97 Å². The number of fused-ring (bicyclic) bond motifs is 4. The molecule has 1 aliphatic heterocycles. The number of rotatable bonds is 1. The number of hydrogen-bond donors (Lipinski definition) is 0. The number of ether oxygens (including phenoxy) is 2. The largest absolute Gasteiger partial charge is 0.485 e. The Hall–Kier alpha value is -2.93. The molecule has 1 aromatic carbocycles. The average Bonchev–Trinajstić information content (AvgIpc) is 3.01. The monoisotopic (exact) mass is 338 g/mol. The first-order valence-electron chi connectivity index (χ1n) is 7.36. The van der Waals surface area contributed by atoms with Gasteiger partial charge in [-0.25, -0.2) is 14.8 Å². The van der Waals surface area contributed by atoms with Crippen LogP contribution in [0.4, 0.5) is 0 Å². The van der Waals surface area contributed by atoms with Crippen LogP contribution in [0.25, 0.3) is 20.4 Å². The highest BCUT2D eigenvalue weighted by atomic mass is 32.1. The molecule has 24 heavy (non-hydrogen) atoms. The zero-order chi connectivity index (χ0) is 16.1. The zero-order valence-electron chi connectivity index (χ0n) is 12.3. The lowest BCUT2D eigenvalue weighted by Crippen LogP contribution is -2.23. The fourth-order valence-electron chi connectivity index (χ4n) is 2.72. The van der Waals surface area contributed by atoms with Gasteiger partial charge in [-0.3, -0.25) is 0 Å². The summed E-state index contributed by atoms with van der Waals surface area (Å²) in [6.45, 7) is 0.235. The summed E-state index contributed by atoms with van der Waals surface area (Å²) in [6.07, 6.45) is 1.12. The lowest BCUT2D eigenvalue weighted by molar-refractivity contribution is 0.0685. The van der Waals surface area contributed by atoms with E-state index < -0.39 is 11.7 Å². The molecule has 0 bridgehead atoms. The second-order valence-electron chi connectivity index (χ2n) is 5.34. The summed E-state index contributed by atoms with van der Waals surface area (Å²) < 4.78 is 17.4. The summed E-state index contributed by atoms with van der Waals surface area (Å²) in [5, 5.41) is 0.837. The van der Waals surface area contributed by atoms with Gasteiger partial charge in [0.1, 0.15) is 21.7 Å². The number of hydrogen-bond acceptors (Lipinski definition) is 7. The lowest BCUT2D eigenvalue weighted by Gasteiger charge is -2.24. The molecule has 7 heteroatoms. The number of aromatic nitrogens is 2. The molecule has 0 aliphatic carbocycles. The summed E-state index contributed by atoms with van der Waals surface area (Å²) in [5.74, 6) is 1.49. The molecule has 1 aliphatic rings. The van der Waals surface area contributed by atoms with E-state index in [1.54, 1.807) is 6.20 Å². The van der Waals surface area contributed by atoms with Crippen LogP contribution in [0, 0.1) is 0 Å². The SMILES string of the molecule is O=c1oc(C2COc3ccccc3O2)nc2c1sc1ncccc12. The first kappa shape index (κ1) is 13.5. The van der Waals surface area contributed by atoms with Gasteiger partial charge in [0.15, 0.2) is 11.5 Å². The molecule has 1 atom stereocenters. The highest BCUT2D eigenvalue weighted by Gasteiger charge is 2.27. The van der Waals surface area contributed by atoms with E-state index in [1.165, 1.54) is 11.3 Å². The predicted octanol–water partition coefficient (Wildman–Crippen LogP) is 3.31. The molecule has 5 rings (SSSR count). The Kier molecular flexibility index (Phi) is 2.83. The van der Waals surface area contributed by atoms with Crippen LogP contribution in [0.1, 0.15) is 12.0 Å². The fourth-order valence-corrected chi connectivity index (χ4v) is 3.68. The zero-order valence-corrected chi connectivity index (χ0v) is 13.1. The third-order valence-corrected chi connectivity index (χ3v) is 4.91. The van der Waals surface area contributed by atoms with Crippen LogP contribution in [-0.4, -0.2) is 16.6 Å². The summed E-state index contributed by atoms with van der Waals surface area (Å²) in [6, 6.07) is 11.1. The summed E-state index contributed by atoms with van der Waals surface area (Å²) in [7, 11) is 0. The summed E-state index contributed by atoms with van der Waals surface area (Å²) in [4.78, 5) is 21.9. The van der Waals surface area contributed by atoms with Crippen molar-refractivity contribution >= 4 is 31.8 Å². The number of para-hydroxylation sites is 2. The second-order valence-corrected chi connectivity index (χ2v) is 6.34. The van der Waals surface area contributed by atoms with Gasteiger partial charge in [0.2, 0.25) is 12.0 Å². The van der Waals surface area contributed by atoms with Crippen molar-refractivity contribution in [2.45, 2.75) is 6.10 Å². The molecular weight excluding hydrogens is 328 g/mol. The Morgan fingerprint density at radius 1 is 1.12 bits per heavy atom. The van der Waals surface area contributed by atoms with Gasteiger partial charge in [0, 0.05) is 11.6 Å². The minimum atomic E-state index is -0.566. The fraction of sp³-hybridized carbons (Fsp3) is 0.118. The molecule has 0 fully saturated rings. The average molecular weight is 338 g/mol. The van der Waals surface area contributed by atoms with E-state index in [0.29, 0.717) is 21.7 Å². The first-order valence-corrected chi connectivity index (χ1v) is 8.18. The van der Waals surface area contributed by atoms with Crippen molar-refractivity contribution in [2.75, 3.05) is 6.61 Å². The Morgan fingerprint density at radius 3 is 2.92 bits per heavy atom. The highest BCUT2D eigenvalue weighted by Crippen LogP contribution is 2.36. The van der Waals surface area contributed by atoms with E-state index in [4.69, 9.17) is 13.9 Å². The minimum Gasteiger partial charge on any atom is -0.485 e. The maximum atomic E-state index is 12.3. The van der Waals surface area contributed by atoms with Crippen LogP contribution in [0.2, 0.25) is 0 Å². The maximum Gasteiger partial charge on any atom is 0.357 e. The second kappa shape index (κ2) is 5.04. The molecule has 0 saturated heterocycles. The molecule has 1 unspecified atom stereocenters. The topological polar surface area (TPSA) is 74.5 Å². The van der Waals surface area contributed by atoms with Crippen LogP contribution in [0.15, 0.2) is 51.8 Å². The third-order valence-electron chi connectivity index (χ3n) is 3.83. The van der Waals surface area contributed by atoms with Crippen molar-refractivity contribution in [1.82, 2.24) is 9.97 Å². The van der Waals surface area contributed by atoms with E-state index in [0.717, 1.165) is 10.2 Å². The van der Waals surface area contributed by atoms with Gasteiger partial charge in [0.25, 0.3) is 0 Å². The number of pyridine rings is 1. The van der Waals surface area contributed by atoms with Gasteiger partial charge in [-0.2, -0.15) is 0 Å².